The van der Waals surface area contributed by atoms with Gasteiger partial charge in [0.2, 0.25) is 5.91 Å². The predicted octanol–water partition coefficient (Wildman–Crippen LogP) is 2.90. The summed E-state index contributed by atoms with van der Waals surface area (Å²) >= 11 is 5.96. The van der Waals surface area contributed by atoms with Crippen LogP contribution in [0.2, 0.25) is 5.02 Å². The molecule has 1 heterocycles. The normalized spacial score (nSPS) is 15.2. The van der Waals surface area contributed by atoms with E-state index < -0.39 is 0 Å². The first kappa shape index (κ1) is 22.8. The van der Waals surface area contributed by atoms with Gasteiger partial charge in [-0.3, -0.25) is 4.79 Å². The first-order chi connectivity index (χ1) is 12.1. The van der Waals surface area contributed by atoms with Crippen molar-refractivity contribution in [3.05, 3.63) is 29.3 Å². The Labute approximate surface area is 177 Å². The van der Waals surface area contributed by atoms with E-state index in [2.05, 4.69) is 15.6 Å². The van der Waals surface area contributed by atoms with Crippen LogP contribution in [0.25, 0.3) is 0 Å². The molecule has 8 heteroatoms. The predicted molar refractivity (Wildman–Crippen MR) is 117 cm³/mol. The highest BCUT2D eigenvalue weighted by molar-refractivity contribution is 14.0. The van der Waals surface area contributed by atoms with Crippen LogP contribution in [0.5, 0.6) is 5.75 Å². The lowest BCUT2D eigenvalue weighted by molar-refractivity contribution is -0.128. The fourth-order valence-corrected chi connectivity index (χ4v) is 2.79. The summed E-state index contributed by atoms with van der Waals surface area (Å²) in [6.07, 6.45) is 2.11. The maximum Gasteiger partial charge on any atom is 0.244 e. The Morgan fingerprint density at radius 1 is 1.35 bits per heavy atom. The van der Waals surface area contributed by atoms with Gasteiger partial charge in [0.15, 0.2) is 5.96 Å². The van der Waals surface area contributed by atoms with Gasteiger partial charge in [0.25, 0.3) is 0 Å². The third-order valence-electron chi connectivity index (χ3n) is 3.87. The fourth-order valence-electron chi connectivity index (χ4n) is 2.61. The monoisotopic (exact) mass is 494 g/mol. The molecule has 26 heavy (non-hydrogen) atoms. The number of carbonyl (C=O) groups excluding carboxylic acids is 1. The van der Waals surface area contributed by atoms with E-state index in [-0.39, 0.29) is 42.5 Å². The Balaban J connectivity index is 0.00000338. The van der Waals surface area contributed by atoms with E-state index >= 15 is 0 Å². The summed E-state index contributed by atoms with van der Waals surface area (Å²) < 4.78 is 5.83. The van der Waals surface area contributed by atoms with Crippen molar-refractivity contribution in [2.24, 2.45) is 4.99 Å². The number of nitrogens with one attached hydrogen (secondary N) is 2. The summed E-state index contributed by atoms with van der Waals surface area (Å²) in [6.45, 7) is 7.12. The standard InChI is InChI=1S/C18H27ClN4O2.HI/c1-3-20-18(22-13-17(24)23-9-4-5-10-23)21-12-14(2)25-16-8-6-7-15(19)11-16;/h6-8,11,14H,3-5,9-10,12-13H2,1-2H3,(H2,20,21,22);1H. The van der Waals surface area contributed by atoms with Gasteiger partial charge in [0, 0.05) is 24.7 Å². The molecule has 1 atom stereocenters. The smallest absolute Gasteiger partial charge is 0.244 e. The van der Waals surface area contributed by atoms with Crippen molar-refractivity contribution in [2.45, 2.75) is 32.8 Å². The maximum absolute atomic E-state index is 12.1. The molecular weight excluding hydrogens is 467 g/mol. The van der Waals surface area contributed by atoms with Gasteiger partial charge in [-0.2, -0.15) is 0 Å². The van der Waals surface area contributed by atoms with E-state index in [0.29, 0.717) is 17.5 Å². The number of likely N-dealkylation sites (tertiary alicyclic amines) is 1. The number of halogens is 2. The topological polar surface area (TPSA) is 66.0 Å². The molecule has 146 valence electrons. The minimum absolute atomic E-state index is 0. The number of amides is 1. The number of carbonyl (C=O) groups is 1. The first-order valence-corrected chi connectivity index (χ1v) is 9.18. The van der Waals surface area contributed by atoms with E-state index in [1.807, 2.05) is 36.9 Å². The highest BCUT2D eigenvalue weighted by Crippen LogP contribution is 2.18. The van der Waals surface area contributed by atoms with E-state index in [1.165, 1.54) is 0 Å². The molecule has 1 aromatic carbocycles. The van der Waals surface area contributed by atoms with E-state index in [0.717, 1.165) is 38.2 Å². The summed E-state index contributed by atoms with van der Waals surface area (Å²) in [7, 11) is 0. The van der Waals surface area contributed by atoms with Crippen LogP contribution in [0.4, 0.5) is 0 Å². The zero-order valence-electron chi connectivity index (χ0n) is 15.3. The molecule has 1 fully saturated rings. The highest BCUT2D eigenvalue weighted by atomic mass is 127. The average Bonchev–Trinajstić information content (AvgIpc) is 3.12. The van der Waals surface area contributed by atoms with Gasteiger partial charge >= 0.3 is 0 Å². The lowest BCUT2D eigenvalue weighted by Gasteiger charge is -2.18. The molecule has 0 aliphatic carbocycles. The molecule has 0 bridgehead atoms. The molecule has 1 amide bonds. The van der Waals surface area contributed by atoms with Crippen molar-refractivity contribution >= 4 is 47.4 Å². The van der Waals surface area contributed by atoms with Crippen molar-refractivity contribution < 1.29 is 9.53 Å². The second-order valence-corrected chi connectivity index (χ2v) is 6.49. The van der Waals surface area contributed by atoms with Crippen molar-refractivity contribution in [3.8, 4) is 5.75 Å². The maximum atomic E-state index is 12.1. The summed E-state index contributed by atoms with van der Waals surface area (Å²) in [5.74, 6) is 1.43. The summed E-state index contributed by atoms with van der Waals surface area (Å²) in [4.78, 5) is 18.3. The lowest BCUT2D eigenvalue weighted by atomic mass is 10.3. The van der Waals surface area contributed by atoms with Gasteiger partial charge < -0.3 is 20.3 Å². The van der Waals surface area contributed by atoms with E-state index in [9.17, 15) is 4.79 Å². The highest BCUT2D eigenvalue weighted by Gasteiger charge is 2.17. The molecule has 1 aliphatic heterocycles. The summed E-state index contributed by atoms with van der Waals surface area (Å²) in [5, 5.41) is 7.01. The number of ether oxygens (including phenoxy) is 1. The fraction of sp³-hybridized carbons (Fsp3) is 0.556. The zero-order valence-corrected chi connectivity index (χ0v) is 18.4. The van der Waals surface area contributed by atoms with Crippen LogP contribution in [0.1, 0.15) is 26.7 Å². The number of hydrogen-bond donors (Lipinski definition) is 2. The lowest BCUT2D eigenvalue weighted by Crippen LogP contribution is -2.42. The third-order valence-corrected chi connectivity index (χ3v) is 4.10. The number of aliphatic imine (C=N–C) groups is 1. The molecule has 0 aromatic heterocycles. The molecule has 1 aromatic rings. The summed E-state index contributed by atoms with van der Waals surface area (Å²) in [6, 6.07) is 7.32. The van der Waals surface area contributed by atoms with Crippen LogP contribution in [0.15, 0.2) is 29.3 Å². The van der Waals surface area contributed by atoms with Crippen molar-refractivity contribution in [1.82, 2.24) is 15.5 Å². The van der Waals surface area contributed by atoms with E-state index in [1.54, 1.807) is 6.07 Å². The van der Waals surface area contributed by atoms with Gasteiger partial charge in [-0.15, -0.1) is 24.0 Å². The quantitative estimate of drug-likeness (QED) is 0.348. The Bertz CT molecular complexity index is 594. The van der Waals surface area contributed by atoms with Gasteiger partial charge in [0.1, 0.15) is 18.4 Å². The van der Waals surface area contributed by atoms with Crippen molar-refractivity contribution in [3.63, 3.8) is 0 Å². The minimum Gasteiger partial charge on any atom is -0.489 e. The SMILES string of the molecule is CCNC(=NCC(=O)N1CCCC1)NCC(C)Oc1cccc(Cl)c1.I. The molecule has 2 N–H and O–H groups in total. The van der Waals surface area contributed by atoms with Crippen LogP contribution in [-0.2, 0) is 4.79 Å². The number of guanidine groups is 1. The molecule has 0 saturated carbocycles. The Kier molecular flexibility index (Phi) is 10.7. The van der Waals surface area contributed by atoms with Crippen molar-refractivity contribution in [2.75, 3.05) is 32.7 Å². The third kappa shape index (κ3) is 7.99. The molecule has 1 unspecified atom stereocenters. The molecule has 0 radical (unpaired) electrons. The number of nitrogens with zero attached hydrogens (tertiary/aromatic N) is 2. The Hall–Kier alpha value is -1.22. The largest absolute Gasteiger partial charge is 0.489 e. The molecule has 6 nitrogen and oxygen atoms in total. The Morgan fingerprint density at radius 2 is 2.08 bits per heavy atom. The number of rotatable bonds is 7. The number of benzene rings is 1. The van der Waals surface area contributed by atoms with E-state index in [4.69, 9.17) is 16.3 Å². The first-order valence-electron chi connectivity index (χ1n) is 8.80. The second-order valence-electron chi connectivity index (χ2n) is 6.05. The minimum atomic E-state index is -0.0726. The van der Waals surface area contributed by atoms with Crippen LogP contribution < -0.4 is 15.4 Å². The van der Waals surface area contributed by atoms with Crippen LogP contribution in [0, 0.1) is 0 Å². The number of hydrogen-bond acceptors (Lipinski definition) is 3. The average molecular weight is 495 g/mol. The molecule has 2 rings (SSSR count). The second kappa shape index (κ2) is 12.2. The van der Waals surface area contributed by atoms with Crippen LogP contribution >= 0.6 is 35.6 Å². The van der Waals surface area contributed by atoms with Gasteiger partial charge in [-0.25, -0.2) is 4.99 Å². The van der Waals surface area contributed by atoms with Crippen LogP contribution in [-0.4, -0.2) is 55.6 Å². The zero-order chi connectivity index (χ0) is 18.1. The molecule has 0 spiro atoms. The van der Waals surface area contributed by atoms with Gasteiger partial charge in [-0.1, -0.05) is 17.7 Å². The molecular formula is C18H28ClIN4O2. The summed E-state index contributed by atoms with van der Waals surface area (Å²) in [5.41, 5.74) is 0. The van der Waals surface area contributed by atoms with Gasteiger partial charge in [0.05, 0.1) is 6.54 Å². The molecule has 1 saturated heterocycles. The van der Waals surface area contributed by atoms with Crippen LogP contribution in [0.3, 0.4) is 0 Å². The molecule has 1 aliphatic rings. The Morgan fingerprint density at radius 3 is 2.73 bits per heavy atom. The van der Waals surface area contributed by atoms with Crippen molar-refractivity contribution in [1.29, 1.82) is 0 Å². The van der Waals surface area contributed by atoms with Gasteiger partial charge in [-0.05, 0) is 44.9 Å².